The first-order valence-corrected chi connectivity index (χ1v) is 2.79. The van der Waals surface area contributed by atoms with E-state index in [1.165, 1.54) is 12.1 Å². The molecule has 5 heteroatoms. The lowest BCUT2D eigenvalue weighted by Gasteiger charge is -1.88. The average molecular weight is 145 g/mol. The smallest absolute Gasteiger partial charge is 0.140 e. The molecule has 0 aliphatic rings. The molecule has 0 radical (unpaired) electrons. The van der Waals surface area contributed by atoms with E-state index in [0.29, 0.717) is 0 Å². The quantitative estimate of drug-likeness (QED) is 0.343. The molecule has 0 saturated heterocycles. The summed E-state index contributed by atoms with van der Waals surface area (Å²) in [4.78, 5) is 6.23. The topological polar surface area (TPSA) is 85.4 Å². The van der Waals surface area contributed by atoms with Gasteiger partial charge in [-0.2, -0.15) is 5.26 Å². The Balaban J connectivity index is 3.12. The van der Waals surface area contributed by atoms with Crippen LogP contribution < -0.4 is 0 Å². The summed E-state index contributed by atoms with van der Waals surface area (Å²) < 4.78 is 0. The van der Waals surface area contributed by atoms with E-state index in [4.69, 9.17) is 10.8 Å². The van der Waals surface area contributed by atoms with Gasteiger partial charge in [-0.25, -0.2) is 4.98 Å². The molecule has 0 aliphatic heterocycles. The van der Waals surface area contributed by atoms with E-state index >= 15 is 0 Å². The number of hydrogen-bond donors (Lipinski definition) is 0. The number of aromatic nitrogens is 1. The van der Waals surface area contributed by atoms with Crippen LogP contribution in [0.5, 0.6) is 0 Å². The average Bonchev–Trinajstić information content (AvgIpc) is 2.06. The molecule has 0 N–H and O–H groups in total. The summed E-state index contributed by atoms with van der Waals surface area (Å²) in [5.41, 5.74) is 8.26. The fraction of sp³-hybridized carbons (Fsp3) is 0. The van der Waals surface area contributed by atoms with Crippen LogP contribution in [0, 0.1) is 11.3 Å². The summed E-state index contributed by atoms with van der Waals surface area (Å²) in [5, 5.41) is 11.6. The molecular weight excluding hydrogens is 142 g/mol. The second-order valence-electron chi connectivity index (χ2n) is 1.68. The summed E-state index contributed by atoms with van der Waals surface area (Å²) in [6.07, 6.45) is 0. The Kier molecular flexibility index (Phi) is 2.06. The first-order valence-electron chi connectivity index (χ1n) is 2.79. The maximum Gasteiger partial charge on any atom is 0.140 e. The second-order valence-corrected chi connectivity index (χ2v) is 1.68. The monoisotopic (exact) mass is 145 g/mol. The highest BCUT2D eigenvalue weighted by Crippen LogP contribution is 2.07. The fourth-order valence-electron chi connectivity index (χ4n) is 0.587. The zero-order chi connectivity index (χ0) is 8.10. The lowest BCUT2D eigenvalue weighted by Crippen LogP contribution is -1.78. The van der Waals surface area contributed by atoms with E-state index in [9.17, 15) is 0 Å². The molecule has 0 amide bonds. The van der Waals surface area contributed by atoms with Crippen molar-refractivity contribution >= 4 is 5.82 Å². The predicted octanol–water partition coefficient (Wildman–Crippen LogP) is 1.90. The van der Waals surface area contributed by atoms with Crippen LogP contribution in [0.25, 0.3) is 10.4 Å². The van der Waals surface area contributed by atoms with Gasteiger partial charge in [0.1, 0.15) is 17.6 Å². The van der Waals surface area contributed by atoms with Crippen LogP contribution >= 0.6 is 0 Å². The van der Waals surface area contributed by atoms with Crippen molar-refractivity contribution in [2.24, 2.45) is 5.11 Å². The van der Waals surface area contributed by atoms with Crippen LogP contribution in [0.3, 0.4) is 0 Å². The third-order valence-electron chi connectivity index (χ3n) is 0.996. The summed E-state index contributed by atoms with van der Waals surface area (Å²) in [5.74, 6) is 0.214. The molecule has 1 aromatic rings. The Morgan fingerprint density at radius 3 is 3.09 bits per heavy atom. The van der Waals surface area contributed by atoms with Crippen molar-refractivity contribution in [3.05, 3.63) is 34.3 Å². The third kappa shape index (κ3) is 1.68. The first-order chi connectivity index (χ1) is 5.36. The molecule has 1 rings (SSSR count). The van der Waals surface area contributed by atoms with Crippen LogP contribution in [0.15, 0.2) is 23.3 Å². The van der Waals surface area contributed by atoms with Gasteiger partial charge in [0.25, 0.3) is 0 Å². The maximum atomic E-state index is 8.38. The van der Waals surface area contributed by atoms with Gasteiger partial charge in [0.15, 0.2) is 0 Å². The molecule has 5 nitrogen and oxygen atoms in total. The number of azide groups is 1. The maximum absolute atomic E-state index is 8.38. The van der Waals surface area contributed by atoms with Crippen molar-refractivity contribution in [2.45, 2.75) is 0 Å². The molecule has 1 aromatic heterocycles. The highest BCUT2D eigenvalue weighted by molar-refractivity contribution is 5.32. The van der Waals surface area contributed by atoms with Crippen molar-refractivity contribution in [1.82, 2.24) is 4.98 Å². The van der Waals surface area contributed by atoms with Gasteiger partial charge < -0.3 is 0 Å². The molecule has 0 atom stereocenters. The third-order valence-corrected chi connectivity index (χ3v) is 0.996. The zero-order valence-electron chi connectivity index (χ0n) is 5.47. The zero-order valence-corrected chi connectivity index (χ0v) is 5.47. The Labute approximate surface area is 62.5 Å². The summed E-state index contributed by atoms with van der Waals surface area (Å²) in [7, 11) is 0. The molecule has 0 spiro atoms. The van der Waals surface area contributed by atoms with Crippen molar-refractivity contribution < 1.29 is 0 Å². The van der Waals surface area contributed by atoms with Crippen molar-refractivity contribution in [2.75, 3.05) is 0 Å². The standard InChI is InChI=1S/C6H3N5/c7-4-5-2-1-3-6(9-5)10-11-8/h1-3H. The van der Waals surface area contributed by atoms with E-state index < -0.39 is 0 Å². The number of hydrogen-bond acceptors (Lipinski definition) is 3. The fourth-order valence-corrected chi connectivity index (χ4v) is 0.587. The van der Waals surface area contributed by atoms with Crippen molar-refractivity contribution in [1.29, 1.82) is 5.26 Å². The summed E-state index contributed by atoms with van der Waals surface area (Å²) in [6.45, 7) is 0. The highest BCUT2D eigenvalue weighted by atomic mass is 15.2. The van der Waals surface area contributed by atoms with Gasteiger partial charge in [-0.15, -0.1) is 0 Å². The Bertz CT molecular complexity index is 344. The minimum atomic E-state index is 0.214. The number of nitrogens with zero attached hydrogens (tertiary/aromatic N) is 5. The Hall–Kier alpha value is -2.05. The van der Waals surface area contributed by atoms with Gasteiger partial charge >= 0.3 is 0 Å². The highest BCUT2D eigenvalue weighted by Gasteiger charge is 1.91. The number of pyridine rings is 1. The Morgan fingerprint density at radius 1 is 1.64 bits per heavy atom. The molecule has 0 saturated carbocycles. The molecule has 1 heterocycles. The van der Waals surface area contributed by atoms with Crippen LogP contribution in [0.2, 0.25) is 0 Å². The molecule has 11 heavy (non-hydrogen) atoms. The van der Waals surface area contributed by atoms with Gasteiger partial charge in [0, 0.05) is 4.91 Å². The lowest BCUT2D eigenvalue weighted by molar-refractivity contribution is 1.22. The predicted molar refractivity (Wildman–Crippen MR) is 37.8 cm³/mol. The van der Waals surface area contributed by atoms with Gasteiger partial charge in [0.2, 0.25) is 0 Å². The second kappa shape index (κ2) is 3.20. The molecule has 52 valence electrons. The molecule has 0 aliphatic carbocycles. The molecular formula is C6H3N5. The van der Waals surface area contributed by atoms with E-state index in [2.05, 4.69) is 15.0 Å². The summed E-state index contributed by atoms with van der Waals surface area (Å²) in [6, 6.07) is 6.50. The number of nitriles is 1. The minimum Gasteiger partial charge on any atom is -0.235 e. The normalized spacial score (nSPS) is 7.91. The van der Waals surface area contributed by atoms with E-state index in [1.807, 2.05) is 6.07 Å². The molecule has 0 bridgehead atoms. The van der Waals surface area contributed by atoms with E-state index in [1.54, 1.807) is 6.07 Å². The van der Waals surface area contributed by atoms with E-state index in [0.717, 1.165) is 0 Å². The molecule has 0 unspecified atom stereocenters. The largest absolute Gasteiger partial charge is 0.235 e. The SMILES string of the molecule is N#Cc1cccc(N=[N+]=[N-])n1. The van der Waals surface area contributed by atoms with Crippen molar-refractivity contribution in [3.8, 4) is 6.07 Å². The van der Waals surface area contributed by atoms with Crippen LogP contribution in [0.4, 0.5) is 5.82 Å². The number of rotatable bonds is 1. The van der Waals surface area contributed by atoms with E-state index in [-0.39, 0.29) is 11.5 Å². The van der Waals surface area contributed by atoms with Gasteiger partial charge in [-0.1, -0.05) is 6.07 Å². The first kappa shape index (κ1) is 7.06. The minimum absolute atomic E-state index is 0.214. The van der Waals surface area contributed by atoms with Crippen LogP contribution in [0.1, 0.15) is 5.69 Å². The van der Waals surface area contributed by atoms with Crippen LogP contribution in [-0.2, 0) is 0 Å². The van der Waals surface area contributed by atoms with Gasteiger partial charge in [-0.3, -0.25) is 0 Å². The lowest BCUT2D eigenvalue weighted by atomic mass is 10.4. The van der Waals surface area contributed by atoms with Gasteiger partial charge in [-0.05, 0) is 22.8 Å². The van der Waals surface area contributed by atoms with Crippen molar-refractivity contribution in [3.63, 3.8) is 0 Å². The molecule has 0 fully saturated rings. The van der Waals surface area contributed by atoms with Gasteiger partial charge in [0.05, 0.1) is 0 Å². The summed E-state index contributed by atoms with van der Waals surface area (Å²) >= 11 is 0. The Morgan fingerprint density at radius 2 is 2.45 bits per heavy atom. The molecule has 0 aromatic carbocycles. The van der Waals surface area contributed by atoms with Crippen LogP contribution in [-0.4, -0.2) is 4.98 Å².